The van der Waals surface area contributed by atoms with Gasteiger partial charge in [-0.2, -0.15) is 0 Å². The molecule has 0 heterocycles. The smallest absolute Gasteiger partial charge is 0.337 e. The Kier molecular flexibility index (Phi) is 5.53. The molecule has 1 rings (SSSR count). The lowest BCUT2D eigenvalue weighted by Crippen LogP contribution is -2.14. The molecule has 0 fully saturated rings. The van der Waals surface area contributed by atoms with Crippen LogP contribution in [0.5, 0.6) is 5.75 Å². The van der Waals surface area contributed by atoms with Gasteiger partial charge in [-0.05, 0) is 44.2 Å². The summed E-state index contributed by atoms with van der Waals surface area (Å²) in [5.74, 6) is -0.795. The zero-order valence-corrected chi connectivity index (χ0v) is 11.5. The molecule has 0 aliphatic rings. The number of ether oxygens (including phenoxy) is 1. The van der Waals surface area contributed by atoms with Gasteiger partial charge in [0, 0.05) is 11.3 Å². The first-order valence-electron chi connectivity index (χ1n) is 6.08. The molecule has 0 saturated heterocycles. The molecule has 0 spiro atoms. The van der Waals surface area contributed by atoms with Gasteiger partial charge in [-0.15, -0.1) is 0 Å². The van der Waals surface area contributed by atoms with Crippen LogP contribution in [0.15, 0.2) is 48.1 Å². The quantitative estimate of drug-likeness (QED) is 0.374. The van der Waals surface area contributed by atoms with Crippen molar-refractivity contribution in [3.8, 4) is 5.75 Å². The molecule has 0 saturated carbocycles. The molecule has 20 heavy (non-hydrogen) atoms. The van der Waals surface area contributed by atoms with Crippen LogP contribution in [0, 0.1) is 0 Å². The maximum absolute atomic E-state index is 11.9. The van der Waals surface area contributed by atoms with Crippen LogP contribution in [0.2, 0.25) is 0 Å². The van der Waals surface area contributed by atoms with Crippen LogP contribution in [0.1, 0.15) is 13.8 Å². The van der Waals surface area contributed by atoms with Crippen LogP contribution in [-0.2, 0) is 14.3 Å². The normalized spacial score (nSPS) is 10.8. The van der Waals surface area contributed by atoms with Crippen molar-refractivity contribution in [3.05, 3.63) is 48.1 Å². The molecular weight excluding hydrogens is 258 g/mol. The minimum Gasteiger partial charge on any atom is -0.508 e. The van der Waals surface area contributed by atoms with E-state index in [1.54, 1.807) is 26.0 Å². The molecule has 5 nitrogen and oxygen atoms in total. The van der Waals surface area contributed by atoms with Crippen molar-refractivity contribution >= 4 is 17.6 Å². The summed E-state index contributed by atoms with van der Waals surface area (Å²) < 4.78 is 4.77. The lowest BCUT2D eigenvalue weighted by atomic mass is 10.1. The summed E-state index contributed by atoms with van der Waals surface area (Å²) in [5, 5.41) is 11.8. The van der Waals surface area contributed by atoms with E-state index in [2.05, 4.69) is 11.9 Å². The highest BCUT2D eigenvalue weighted by Gasteiger charge is 2.09. The maximum atomic E-state index is 11.9. The summed E-state index contributed by atoms with van der Waals surface area (Å²) in [6.45, 7) is 7.07. The van der Waals surface area contributed by atoms with Gasteiger partial charge in [0.05, 0.1) is 12.2 Å². The third-order valence-electron chi connectivity index (χ3n) is 2.41. The van der Waals surface area contributed by atoms with Crippen molar-refractivity contribution in [2.24, 2.45) is 0 Å². The van der Waals surface area contributed by atoms with Crippen LogP contribution < -0.4 is 5.32 Å². The minimum atomic E-state index is -0.552. The fourth-order valence-corrected chi connectivity index (χ4v) is 1.38. The van der Waals surface area contributed by atoms with Gasteiger partial charge in [0.15, 0.2) is 0 Å². The van der Waals surface area contributed by atoms with Crippen LogP contribution in [-0.4, -0.2) is 23.6 Å². The fourth-order valence-electron chi connectivity index (χ4n) is 1.38. The average Bonchev–Trinajstić information content (AvgIpc) is 2.41. The zero-order chi connectivity index (χ0) is 15.1. The number of nitrogens with one attached hydrogen (secondary N) is 1. The predicted octanol–water partition coefficient (Wildman–Crippen LogP) is 2.40. The Bertz CT molecular complexity index is 543. The Labute approximate surface area is 117 Å². The molecule has 1 aromatic carbocycles. The number of rotatable bonds is 5. The molecule has 0 aliphatic carbocycles. The number of hydrogen-bond donors (Lipinski definition) is 2. The molecule has 0 radical (unpaired) electrons. The molecule has 106 valence electrons. The fraction of sp³-hybridized carbons (Fsp3) is 0.200. The van der Waals surface area contributed by atoms with E-state index >= 15 is 0 Å². The molecule has 0 bridgehead atoms. The number of hydrogen-bond acceptors (Lipinski definition) is 4. The first-order chi connectivity index (χ1) is 9.43. The Morgan fingerprint density at radius 1 is 1.35 bits per heavy atom. The molecular formula is C15H17NO4. The first kappa shape index (κ1) is 15.5. The third kappa shape index (κ3) is 4.61. The SMILES string of the molecule is C=C(/C=C(\C)C(=O)Nc1ccc(O)cc1)C(=O)OCC. The van der Waals surface area contributed by atoms with Gasteiger partial charge < -0.3 is 15.2 Å². The summed E-state index contributed by atoms with van der Waals surface area (Å²) in [5.41, 5.74) is 0.989. The number of aromatic hydroxyl groups is 1. The van der Waals surface area contributed by atoms with Gasteiger partial charge in [-0.1, -0.05) is 6.58 Å². The third-order valence-corrected chi connectivity index (χ3v) is 2.41. The number of phenolic OH excluding ortho intramolecular Hbond substituents is 1. The monoisotopic (exact) mass is 275 g/mol. The van der Waals surface area contributed by atoms with Crippen molar-refractivity contribution in [2.45, 2.75) is 13.8 Å². The minimum absolute atomic E-state index is 0.116. The summed E-state index contributed by atoms with van der Waals surface area (Å²) in [4.78, 5) is 23.2. The highest BCUT2D eigenvalue weighted by Crippen LogP contribution is 2.14. The number of phenols is 1. The van der Waals surface area contributed by atoms with E-state index in [1.807, 2.05) is 0 Å². The van der Waals surface area contributed by atoms with Crippen molar-refractivity contribution < 1.29 is 19.4 Å². The lowest BCUT2D eigenvalue weighted by molar-refractivity contribution is -0.138. The van der Waals surface area contributed by atoms with Crippen molar-refractivity contribution in [2.75, 3.05) is 11.9 Å². The van der Waals surface area contributed by atoms with Crippen molar-refractivity contribution in [3.63, 3.8) is 0 Å². The Morgan fingerprint density at radius 3 is 2.50 bits per heavy atom. The van der Waals surface area contributed by atoms with Gasteiger partial charge in [-0.3, -0.25) is 4.79 Å². The van der Waals surface area contributed by atoms with Crippen molar-refractivity contribution in [1.29, 1.82) is 0 Å². The molecule has 1 aromatic rings. The number of benzene rings is 1. The molecule has 0 unspecified atom stereocenters. The van der Waals surface area contributed by atoms with E-state index in [-0.39, 0.29) is 23.8 Å². The van der Waals surface area contributed by atoms with E-state index in [0.29, 0.717) is 11.3 Å². The van der Waals surface area contributed by atoms with Crippen LogP contribution >= 0.6 is 0 Å². The Hall–Kier alpha value is -2.56. The molecule has 0 atom stereocenters. The lowest BCUT2D eigenvalue weighted by Gasteiger charge is -2.06. The molecule has 0 aromatic heterocycles. The number of carbonyl (C=O) groups excluding carboxylic acids is 2. The molecule has 2 N–H and O–H groups in total. The maximum Gasteiger partial charge on any atom is 0.337 e. The Balaban J connectivity index is 2.69. The van der Waals surface area contributed by atoms with Gasteiger partial charge in [0.1, 0.15) is 5.75 Å². The second-order valence-corrected chi connectivity index (χ2v) is 4.07. The second kappa shape index (κ2) is 7.13. The standard InChI is InChI=1S/C15H17NO4/c1-4-20-15(19)11(3)9-10(2)14(18)16-12-5-7-13(17)8-6-12/h5-9,17H,3-4H2,1-2H3,(H,16,18)/b10-9+. The zero-order valence-electron chi connectivity index (χ0n) is 11.5. The first-order valence-corrected chi connectivity index (χ1v) is 6.08. The van der Waals surface area contributed by atoms with E-state index in [4.69, 9.17) is 9.84 Å². The van der Waals surface area contributed by atoms with Gasteiger partial charge >= 0.3 is 5.97 Å². The van der Waals surface area contributed by atoms with Gasteiger partial charge in [-0.25, -0.2) is 4.79 Å². The molecule has 5 heteroatoms. The summed E-state index contributed by atoms with van der Waals surface area (Å²) in [6.07, 6.45) is 1.37. The average molecular weight is 275 g/mol. The summed E-state index contributed by atoms with van der Waals surface area (Å²) in [6, 6.07) is 6.07. The van der Waals surface area contributed by atoms with Crippen LogP contribution in [0.3, 0.4) is 0 Å². The summed E-state index contributed by atoms with van der Waals surface area (Å²) >= 11 is 0. The number of carbonyl (C=O) groups is 2. The number of amides is 1. The number of esters is 1. The van der Waals surface area contributed by atoms with Crippen LogP contribution in [0.4, 0.5) is 5.69 Å². The highest BCUT2D eigenvalue weighted by molar-refractivity contribution is 6.05. The number of anilines is 1. The van der Waals surface area contributed by atoms with E-state index < -0.39 is 5.97 Å². The van der Waals surface area contributed by atoms with Crippen LogP contribution in [0.25, 0.3) is 0 Å². The van der Waals surface area contributed by atoms with Gasteiger partial charge in [0.2, 0.25) is 0 Å². The molecule has 1 amide bonds. The topological polar surface area (TPSA) is 75.6 Å². The van der Waals surface area contributed by atoms with E-state index in [9.17, 15) is 9.59 Å². The van der Waals surface area contributed by atoms with E-state index in [1.165, 1.54) is 18.2 Å². The van der Waals surface area contributed by atoms with E-state index in [0.717, 1.165) is 0 Å². The molecule has 0 aliphatic heterocycles. The Morgan fingerprint density at radius 2 is 1.95 bits per heavy atom. The second-order valence-electron chi connectivity index (χ2n) is 4.07. The predicted molar refractivity (Wildman–Crippen MR) is 76.3 cm³/mol. The van der Waals surface area contributed by atoms with Gasteiger partial charge in [0.25, 0.3) is 5.91 Å². The highest BCUT2D eigenvalue weighted by atomic mass is 16.5. The summed E-state index contributed by atoms with van der Waals surface area (Å²) in [7, 11) is 0. The largest absolute Gasteiger partial charge is 0.508 e. The van der Waals surface area contributed by atoms with Crippen molar-refractivity contribution in [1.82, 2.24) is 0 Å².